The summed E-state index contributed by atoms with van der Waals surface area (Å²) in [4.78, 5) is 15.6. The molecular formula is C32H34N4O3. The lowest BCUT2D eigenvalue weighted by Crippen LogP contribution is -2.41. The molecule has 0 bridgehead atoms. The molecule has 1 spiro atoms. The molecule has 200 valence electrons. The van der Waals surface area contributed by atoms with E-state index in [0.717, 1.165) is 82.8 Å². The summed E-state index contributed by atoms with van der Waals surface area (Å²) in [6.45, 7) is 6.70. The van der Waals surface area contributed by atoms with E-state index in [9.17, 15) is 4.79 Å². The van der Waals surface area contributed by atoms with E-state index in [-0.39, 0.29) is 17.9 Å². The number of piperidine rings is 1. The Morgan fingerprint density at radius 1 is 1.00 bits per heavy atom. The predicted octanol–water partition coefficient (Wildman–Crippen LogP) is 5.87. The van der Waals surface area contributed by atoms with Crippen LogP contribution in [0.1, 0.15) is 50.2 Å². The highest BCUT2D eigenvalue weighted by Gasteiger charge is 2.65. The number of aromatic nitrogens is 2. The van der Waals surface area contributed by atoms with Crippen molar-refractivity contribution in [3.05, 3.63) is 71.8 Å². The standard InChI is InChI=1S/C32H34N4O3/c1-19(2)36-14-12-23(13-15-36)39-22-7-4-20(5-8-22)30-25-10-6-21(16-29(25)34-35-30)27-18-32(27)26-17-24(38-3)9-11-28(26)33-31(32)37/h4-11,16-17,19,23,27H,12-15,18H2,1-3H3,(H,33,37)(H,34,35)/t27-,32-/m0/s1. The lowest BCUT2D eigenvalue weighted by Gasteiger charge is -2.34. The first-order valence-electron chi connectivity index (χ1n) is 14.0. The van der Waals surface area contributed by atoms with Gasteiger partial charge in [0.2, 0.25) is 5.91 Å². The predicted molar refractivity (Wildman–Crippen MR) is 153 cm³/mol. The number of benzene rings is 3. The number of fused-ring (bicyclic) bond motifs is 3. The van der Waals surface area contributed by atoms with Gasteiger partial charge in [0, 0.05) is 41.7 Å². The first kappa shape index (κ1) is 24.2. The van der Waals surface area contributed by atoms with Crippen LogP contribution in [0, 0.1) is 0 Å². The maximum Gasteiger partial charge on any atom is 0.235 e. The Labute approximate surface area is 228 Å². The summed E-state index contributed by atoms with van der Waals surface area (Å²) in [5.74, 6) is 1.89. The summed E-state index contributed by atoms with van der Waals surface area (Å²) in [6, 6.07) is 21.1. The number of nitrogens with zero attached hydrogens (tertiary/aromatic N) is 2. The van der Waals surface area contributed by atoms with Gasteiger partial charge in [0.25, 0.3) is 0 Å². The van der Waals surface area contributed by atoms with Gasteiger partial charge in [0.15, 0.2) is 0 Å². The number of H-pyrrole nitrogens is 1. The van der Waals surface area contributed by atoms with Gasteiger partial charge in [-0.1, -0.05) is 12.1 Å². The smallest absolute Gasteiger partial charge is 0.235 e. The number of hydrogen-bond donors (Lipinski definition) is 2. The Hall–Kier alpha value is -3.84. The van der Waals surface area contributed by atoms with Crippen LogP contribution in [-0.4, -0.2) is 53.3 Å². The van der Waals surface area contributed by atoms with Gasteiger partial charge in [0.1, 0.15) is 17.6 Å². The van der Waals surface area contributed by atoms with Gasteiger partial charge < -0.3 is 19.7 Å². The summed E-state index contributed by atoms with van der Waals surface area (Å²) >= 11 is 0. The summed E-state index contributed by atoms with van der Waals surface area (Å²) in [5.41, 5.74) is 5.52. The Balaban J connectivity index is 1.08. The molecule has 1 saturated carbocycles. The van der Waals surface area contributed by atoms with Crippen LogP contribution in [0.15, 0.2) is 60.7 Å². The maximum absolute atomic E-state index is 13.1. The van der Waals surface area contributed by atoms with Crippen LogP contribution in [0.5, 0.6) is 11.5 Å². The fourth-order valence-electron chi connectivity index (χ4n) is 6.57. The van der Waals surface area contributed by atoms with Crippen molar-refractivity contribution in [3.63, 3.8) is 0 Å². The number of carbonyl (C=O) groups excluding carboxylic acids is 1. The molecule has 3 heterocycles. The van der Waals surface area contributed by atoms with Crippen molar-refractivity contribution in [2.24, 2.45) is 0 Å². The highest BCUT2D eigenvalue weighted by Crippen LogP contribution is 2.65. The monoisotopic (exact) mass is 522 g/mol. The summed E-state index contributed by atoms with van der Waals surface area (Å²) in [7, 11) is 1.66. The van der Waals surface area contributed by atoms with Gasteiger partial charge in [-0.2, -0.15) is 5.10 Å². The number of aromatic amines is 1. The largest absolute Gasteiger partial charge is 0.497 e. The van der Waals surface area contributed by atoms with Gasteiger partial charge in [-0.15, -0.1) is 0 Å². The van der Waals surface area contributed by atoms with Crippen molar-refractivity contribution in [2.75, 3.05) is 25.5 Å². The first-order valence-corrected chi connectivity index (χ1v) is 14.0. The second-order valence-electron chi connectivity index (χ2n) is 11.4. The number of hydrogen-bond acceptors (Lipinski definition) is 5. The molecule has 1 saturated heterocycles. The van der Waals surface area contributed by atoms with Crippen molar-refractivity contribution in [1.82, 2.24) is 15.1 Å². The van der Waals surface area contributed by atoms with E-state index in [1.54, 1.807) is 7.11 Å². The number of amides is 1. The lowest BCUT2D eigenvalue weighted by molar-refractivity contribution is -0.118. The van der Waals surface area contributed by atoms with Gasteiger partial charge in [-0.05, 0) is 92.8 Å². The average Bonchev–Trinajstić information content (AvgIpc) is 3.48. The second kappa shape index (κ2) is 9.12. The van der Waals surface area contributed by atoms with Crippen LogP contribution in [0.2, 0.25) is 0 Å². The minimum atomic E-state index is -0.512. The van der Waals surface area contributed by atoms with E-state index in [1.165, 1.54) is 0 Å². The molecule has 1 aromatic heterocycles. The second-order valence-corrected chi connectivity index (χ2v) is 11.4. The molecule has 39 heavy (non-hydrogen) atoms. The molecule has 3 aliphatic rings. The Morgan fingerprint density at radius 3 is 2.51 bits per heavy atom. The third kappa shape index (κ3) is 3.98. The molecule has 7 heteroatoms. The van der Waals surface area contributed by atoms with E-state index in [4.69, 9.17) is 9.47 Å². The number of rotatable bonds is 6. The molecule has 7 nitrogen and oxygen atoms in total. The zero-order valence-corrected chi connectivity index (χ0v) is 22.7. The summed E-state index contributed by atoms with van der Waals surface area (Å²) in [5, 5.41) is 12.0. The molecule has 1 amide bonds. The minimum Gasteiger partial charge on any atom is -0.497 e. The third-order valence-electron chi connectivity index (χ3n) is 8.95. The molecule has 2 fully saturated rings. The van der Waals surface area contributed by atoms with E-state index in [0.29, 0.717) is 6.04 Å². The highest BCUT2D eigenvalue weighted by atomic mass is 16.5. The van der Waals surface area contributed by atoms with Gasteiger partial charge in [-0.3, -0.25) is 9.89 Å². The zero-order valence-electron chi connectivity index (χ0n) is 22.7. The van der Waals surface area contributed by atoms with Crippen molar-refractivity contribution in [1.29, 1.82) is 0 Å². The number of nitrogens with one attached hydrogen (secondary N) is 2. The van der Waals surface area contributed by atoms with E-state index in [2.05, 4.69) is 76.7 Å². The van der Waals surface area contributed by atoms with Crippen LogP contribution in [0.25, 0.3) is 22.2 Å². The molecule has 4 aromatic rings. The normalized spacial score (nSPS) is 22.9. The topological polar surface area (TPSA) is 79.5 Å². The molecule has 0 radical (unpaired) electrons. The van der Waals surface area contributed by atoms with Crippen LogP contribution < -0.4 is 14.8 Å². The molecule has 0 unspecified atom stereocenters. The van der Waals surface area contributed by atoms with Gasteiger partial charge in [-0.25, -0.2) is 0 Å². The Bertz CT molecular complexity index is 1550. The van der Waals surface area contributed by atoms with Crippen molar-refractivity contribution < 1.29 is 14.3 Å². The SMILES string of the molecule is COc1ccc2c(c1)[C@]1(C[C@H]1c1ccc3c(-c4ccc(OC5CCN(C(C)C)CC5)cc4)n[nH]c3c1)C(=O)N2. The molecule has 2 atom stereocenters. The van der Waals surface area contributed by atoms with Crippen LogP contribution >= 0.6 is 0 Å². The summed E-state index contributed by atoms with van der Waals surface area (Å²) < 4.78 is 11.7. The first-order chi connectivity index (χ1) is 19.0. The average molecular weight is 523 g/mol. The third-order valence-corrected chi connectivity index (χ3v) is 8.95. The van der Waals surface area contributed by atoms with Crippen molar-refractivity contribution in [3.8, 4) is 22.8 Å². The van der Waals surface area contributed by atoms with Crippen LogP contribution in [0.4, 0.5) is 5.69 Å². The van der Waals surface area contributed by atoms with Crippen LogP contribution in [-0.2, 0) is 10.2 Å². The number of anilines is 1. The molecule has 7 rings (SSSR count). The molecular weight excluding hydrogens is 488 g/mol. The van der Waals surface area contributed by atoms with E-state index >= 15 is 0 Å². The highest BCUT2D eigenvalue weighted by molar-refractivity contribution is 6.10. The van der Waals surface area contributed by atoms with E-state index in [1.807, 2.05) is 18.2 Å². The van der Waals surface area contributed by atoms with Crippen LogP contribution in [0.3, 0.4) is 0 Å². The number of methoxy groups -OCH3 is 1. The fourth-order valence-corrected chi connectivity index (χ4v) is 6.57. The van der Waals surface area contributed by atoms with Gasteiger partial charge in [0.05, 0.1) is 23.7 Å². The number of likely N-dealkylation sites (tertiary alicyclic amines) is 1. The molecule has 1 aliphatic carbocycles. The fraction of sp³-hybridized carbons (Fsp3) is 0.375. The maximum atomic E-state index is 13.1. The summed E-state index contributed by atoms with van der Waals surface area (Å²) in [6.07, 6.45) is 3.20. The Kier molecular flexibility index (Phi) is 5.67. The number of ether oxygens (including phenoxy) is 2. The van der Waals surface area contributed by atoms with E-state index < -0.39 is 5.41 Å². The zero-order chi connectivity index (χ0) is 26.7. The number of carbonyl (C=O) groups is 1. The van der Waals surface area contributed by atoms with Gasteiger partial charge >= 0.3 is 0 Å². The lowest BCUT2D eigenvalue weighted by atomic mass is 9.91. The molecule has 3 aromatic carbocycles. The Morgan fingerprint density at radius 2 is 1.77 bits per heavy atom. The van der Waals surface area contributed by atoms with Crippen molar-refractivity contribution in [2.45, 2.75) is 56.6 Å². The molecule has 2 aliphatic heterocycles. The van der Waals surface area contributed by atoms with Crippen molar-refractivity contribution >= 4 is 22.5 Å². The molecule has 2 N–H and O–H groups in total. The quantitative estimate of drug-likeness (QED) is 0.331. The minimum absolute atomic E-state index is 0.0777.